The van der Waals surface area contributed by atoms with Crippen molar-refractivity contribution in [3.8, 4) is 0 Å². The fraction of sp³-hybridized carbons (Fsp3) is 0.278. The van der Waals surface area contributed by atoms with Gasteiger partial charge >= 0.3 is 0 Å². The van der Waals surface area contributed by atoms with Crippen LogP contribution in [0.1, 0.15) is 6.42 Å². The number of nitrogens with zero attached hydrogens (tertiary/aromatic N) is 8. The third-order valence-electron chi connectivity index (χ3n) is 4.85. The van der Waals surface area contributed by atoms with Crippen molar-refractivity contribution in [1.29, 1.82) is 0 Å². The van der Waals surface area contributed by atoms with Gasteiger partial charge in [0.1, 0.15) is 23.6 Å². The molecule has 1 fully saturated rings. The standard InChI is InChI=1S/C18H18N8O/c27-18-12-17(20-14-4-1-2-9-25(14)18)24-8-3-7-23(10-11-24)16-6-5-15-21-19-13-26(15)22-16/h1-2,4-6,9,12-13H,3,7-8,10-11H2. The molecule has 5 rings (SSSR count). The van der Waals surface area contributed by atoms with Gasteiger partial charge < -0.3 is 9.80 Å². The number of aromatic nitrogens is 6. The Balaban J connectivity index is 1.40. The van der Waals surface area contributed by atoms with E-state index in [0.29, 0.717) is 5.65 Å². The molecule has 0 aromatic carbocycles. The molecule has 5 heterocycles. The second-order valence-corrected chi connectivity index (χ2v) is 6.53. The topological polar surface area (TPSA) is 83.9 Å². The van der Waals surface area contributed by atoms with Crippen LogP contribution < -0.4 is 15.4 Å². The van der Waals surface area contributed by atoms with Crippen LogP contribution in [0.5, 0.6) is 0 Å². The van der Waals surface area contributed by atoms with Crippen LogP contribution >= 0.6 is 0 Å². The molecule has 136 valence electrons. The molecule has 0 amide bonds. The molecular weight excluding hydrogens is 344 g/mol. The summed E-state index contributed by atoms with van der Waals surface area (Å²) < 4.78 is 3.25. The van der Waals surface area contributed by atoms with Crippen molar-refractivity contribution in [1.82, 2.24) is 29.2 Å². The average Bonchev–Trinajstić information content (AvgIpc) is 3.02. The van der Waals surface area contributed by atoms with Gasteiger partial charge in [0.25, 0.3) is 5.56 Å². The molecule has 0 spiro atoms. The molecular formula is C18H18N8O. The molecule has 0 saturated carbocycles. The first-order valence-corrected chi connectivity index (χ1v) is 8.93. The minimum absolute atomic E-state index is 0.0589. The molecule has 27 heavy (non-hydrogen) atoms. The lowest BCUT2D eigenvalue weighted by Crippen LogP contribution is -2.32. The molecule has 0 unspecified atom stereocenters. The van der Waals surface area contributed by atoms with Crippen LogP contribution in [0.25, 0.3) is 11.3 Å². The molecule has 1 aliphatic heterocycles. The molecule has 0 atom stereocenters. The smallest absolute Gasteiger partial charge is 0.259 e. The van der Waals surface area contributed by atoms with Gasteiger partial charge in [-0.05, 0) is 30.7 Å². The van der Waals surface area contributed by atoms with E-state index < -0.39 is 0 Å². The van der Waals surface area contributed by atoms with E-state index in [-0.39, 0.29) is 5.56 Å². The Labute approximate surface area is 154 Å². The summed E-state index contributed by atoms with van der Waals surface area (Å²) in [5, 5.41) is 12.5. The van der Waals surface area contributed by atoms with Crippen molar-refractivity contribution >= 4 is 22.9 Å². The molecule has 0 radical (unpaired) electrons. The Morgan fingerprint density at radius 2 is 1.74 bits per heavy atom. The lowest BCUT2D eigenvalue weighted by Gasteiger charge is -2.23. The minimum atomic E-state index is -0.0589. The van der Waals surface area contributed by atoms with Gasteiger partial charge in [0, 0.05) is 38.4 Å². The first-order valence-electron chi connectivity index (χ1n) is 8.93. The van der Waals surface area contributed by atoms with Crippen molar-refractivity contribution < 1.29 is 0 Å². The maximum atomic E-state index is 12.4. The summed E-state index contributed by atoms with van der Waals surface area (Å²) in [5.74, 6) is 1.63. The highest BCUT2D eigenvalue weighted by Crippen LogP contribution is 2.17. The summed E-state index contributed by atoms with van der Waals surface area (Å²) in [6.07, 6.45) is 4.30. The molecule has 9 heteroatoms. The van der Waals surface area contributed by atoms with Gasteiger partial charge in [0.2, 0.25) is 0 Å². The van der Waals surface area contributed by atoms with E-state index in [0.717, 1.165) is 49.9 Å². The lowest BCUT2D eigenvalue weighted by molar-refractivity contribution is 0.775. The predicted octanol–water partition coefficient (Wildman–Crippen LogP) is 0.849. The van der Waals surface area contributed by atoms with Crippen molar-refractivity contribution in [2.75, 3.05) is 36.0 Å². The van der Waals surface area contributed by atoms with Crippen LogP contribution in [0.3, 0.4) is 0 Å². The van der Waals surface area contributed by atoms with E-state index >= 15 is 0 Å². The number of anilines is 2. The number of hydrogen-bond donors (Lipinski definition) is 0. The highest BCUT2D eigenvalue weighted by Gasteiger charge is 2.18. The van der Waals surface area contributed by atoms with Gasteiger partial charge in [-0.25, -0.2) is 4.98 Å². The van der Waals surface area contributed by atoms with Gasteiger partial charge in [0.05, 0.1) is 0 Å². The fourth-order valence-electron chi connectivity index (χ4n) is 3.47. The summed E-state index contributed by atoms with van der Waals surface area (Å²) in [6.45, 7) is 3.32. The maximum absolute atomic E-state index is 12.4. The summed E-state index contributed by atoms with van der Waals surface area (Å²) in [5.41, 5.74) is 1.34. The fourth-order valence-corrected chi connectivity index (χ4v) is 3.47. The predicted molar refractivity (Wildman–Crippen MR) is 101 cm³/mol. The second-order valence-electron chi connectivity index (χ2n) is 6.53. The Morgan fingerprint density at radius 3 is 2.63 bits per heavy atom. The molecule has 0 bridgehead atoms. The van der Waals surface area contributed by atoms with Crippen LogP contribution in [0.15, 0.2) is 53.7 Å². The van der Waals surface area contributed by atoms with Gasteiger partial charge in [-0.3, -0.25) is 9.20 Å². The van der Waals surface area contributed by atoms with E-state index in [9.17, 15) is 4.79 Å². The third kappa shape index (κ3) is 2.86. The van der Waals surface area contributed by atoms with E-state index in [4.69, 9.17) is 0 Å². The van der Waals surface area contributed by atoms with Crippen LogP contribution in [0.2, 0.25) is 0 Å². The lowest BCUT2D eigenvalue weighted by atomic mass is 10.3. The summed E-state index contributed by atoms with van der Waals surface area (Å²) in [4.78, 5) is 21.5. The highest BCUT2D eigenvalue weighted by atomic mass is 16.1. The minimum Gasteiger partial charge on any atom is -0.355 e. The van der Waals surface area contributed by atoms with Gasteiger partial charge in [-0.2, -0.15) is 4.52 Å². The number of pyridine rings is 1. The van der Waals surface area contributed by atoms with Crippen LogP contribution in [-0.4, -0.2) is 55.4 Å². The molecule has 9 nitrogen and oxygen atoms in total. The van der Waals surface area contributed by atoms with Crippen molar-refractivity contribution in [3.63, 3.8) is 0 Å². The second kappa shape index (κ2) is 6.35. The van der Waals surface area contributed by atoms with E-state index in [1.807, 2.05) is 30.3 Å². The summed E-state index contributed by atoms with van der Waals surface area (Å²) in [7, 11) is 0. The number of fused-ring (bicyclic) bond motifs is 2. The maximum Gasteiger partial charge on any atom is 0.259 e. The SMILES string of the molecule is O=c1cc(N2CCCN(c3ccc4nncn4n3)CC2)nc2ccccn12. The molecule has 4 aromatic heterocycles. The first-order chi connectivity index (χ1) is 13.3. The number of hydrogen-bond acceptors (Lipinski definition) is 7. The average molecular weight is 362 g/mol. The summed E-state index contributed by atoms with van der Waals surface area (Å²) in [6, 6.07) is 11.1. The van der Waals surface area contributed by atoms with E-state index in [2.05, 4.69) is 30.1 Å². The van der Waals surface area contributed by atoms with Crippen molar-refractivity contribution in [2.24, 2.45) is 0 Å². The zero-order valence-electron chi connectivity index (χ0n) is 14.6. The third-order valence-corrected chi connectivity index (χ3v) is 4.85. The molecule has 1 saturated heterocycles. The van der Waals surface area contributed by atoms with Crippen LogP contribution in [0, 0.1) is 0 Å². The molecule has 0 aliphatic carbocycles. The summed E-state index contributed by atoms with van der Waals surface area (Å²) >= 11 is 0. The Morgan fingerprint density at radius 1 is 0.889 bits per heavy atom. The van der Waals surface area contributed by atoms with Crippen molar-refractivity contribution in [3.05, 3.63) is 59.3 Å². The monoisotopic (exact) mass is 362 g/mol. The molecule has 4 aromatic rings. The normalized spacial score (nSPS) is 15.4. The quantitative estimate of drug-likeness (QED) is 0.523. The Bertz CT molecular complexity index is 1170. The Kier molecular flexibility index (Phi) is 3.70. The van der Waals surface area contributed by atoms with E-state index in [1.165, 1.54) is 0 Å². The molecule has 1 aliphatic rings. The first kappa shape index (κ1) is 15.7. The highest BCUT2D eigenvalue weighted by molar-refractivity contribution is 5.49. The van der Waals surface area contributed by atoms with E-state index in [1.54, 1.807) is 27.5 Å². The van der Waals surface area contributed by atoms with Crippen molar-refractivity contribution in [2.45, 2.75) is 6.42 Å². The largest absolute Gasteiger partial charge is 0.355 e. The Hall–Kier alpha value is -3.49. The number of rotatable bonds is 2. The van der Waals surface area contributed by atoms with Crippen LogP contribution in [-0.2, 0) is 0 Å². The zero-order chi connectivity index (χ0) is 18.2. The molecule has 0 N–H and O–H groups in total. The van der Waals surface area contributed by atoms with Gasteiger partial charge in [-0.1, -0.05) is 6.07 Å². The zero-order valence-corrected chi connectivity index (χ0v) is 14.6. The van der Waals surface area contributed by atoms with Crippen LogP contribution in [0.4, 0.5) is 11.6 Å². The van der Waals surface area contributed by atoms with Gasteiger partial charge in [-0.15, -0.1) is 15.3 Å². The van der Waals surface area contributed by atoms with Gasteiger partial charge in [0.15, 0.2) is 5.65 Å².